The second kappa shape index (κ2) is 12.7. The SMILES string of the molecule is C=C(C)C(=O)OCCOC(=O)c1ccc(Sc2ccc(C(=O)/C(C)=N/OC(C)=O)c(Cl)c2)cc1. The van der Waals surface area contributed by atoms with Crippen molar-refractivity contribution in [2.24, 2.45) is 5.16 Å². The quantitative estimate of drug-likeness (QED) is 0.0857. The summed E-state index contributed by atoms with van der Waals surface area (Å²) in [7, 11) is 0. The number of hydrogen-bond donors (Lipinski definition) is 0. The number of halogens is 1. The molecule has 2 aromatic rings. The van der Waals surface area contributed by atoms with Crippen molar-refractivity contribution in [1.29, 1.82) is 0 Å². The second-order valence-corrected chi connectivity index (χ2v) is 8.46. The second-order valence-electron chi connectivity index (χ2n) is 6.91. The van der Waals surface area contributed by atoms with Crippen molar-refractivity contribution in [2.75, 3.05) is 13.2 Å². The van der Waals surface area contributed by atoms with Crippen LogP contribution in [0, 0.1) is 0 Å². The van der Waals surface area contributed by atoms with Gasteiger partial charge >= 0.3 is 17.9 Å². The van der Waals surface area contributed by atoms with Crippen molar-refractivity contribution in [1.82, 2.24) is 0 Å². The Balaban J connectivity index is 1.95. The maximum Gasteiger partial charge on any atom is 0.338 e. The van der Waals surface area contributed by atoms with Gasteiger partial charge in [-0.3, -0.25) is 4.79 Å². The van der Waals surface area contributed by atoms with Gasteiger partial charge in [0.25, 0.3) is 0 Å². The van der Waals surface area contributed by atoms with E-state index in [0.29, 0.717) is 5.56 Å². The van der Waals surface area contributed by atoms with E-state index in [1.54, 1.807) is 42.5 Å². The van der Waals surface area contributed by atoms with Crippen LogP contribution in [0.3, 0.4) is 0 Å². The molecule has 0 spiro atoms. The predicted octanol–water partition coefficient (Wildman–Crippen LogP) is 4.89. The van der Waals surface area contributed by atoms with Gasteiger partial charge in [0.05, 0.1) is 10.6 Å². The highest BCUT2D eigenvalue weighted by Crippen LogP contribution is 2.31. The van der Waals surface area contributed by atoms with E-state index in [0.717, 1.165) is 9.79 Å². The average molecular weight is 504 g/mol. The third-order valence-corrected chi connectivity index (χ3v) is 5.36. The summed E-state index contributed by atoms with van der Waals surface area (Å²) in [5.74, 6) is -2.17. The van der Waals surface area contributed by atoms with Crippen LogP contribution in [0.1, 0.15) is 41.5 Å². The van der Waals surface area contributed by atoms with Crippen molar-refractivity contribution >= 4 is 52.8 Å². The fourth-order valence-corrected chi connectivity index (χ4v) is 3.57. The van der Waals surface area contributed by atoms with Gasteiger partial charge in [0, 0.05) is 27.9 Å². The van der Waals surface area contributed by atoms with E-state index in [4.69, 9.17) is 21.1 Å². The van der Waals surface area contributed by atoms with Gasteiger partial charge in [-0.2, -0.15) is 0 Å². The minimum absolute atomic E-state index is 0.00559. The number of benzene rings is 2. The Morgan fingerprint density at radius 2 is 1.56 bits per heavy atom. The number of hydrogen-bond acceptors (Lipinski definition) is 9. The zero-order valence-corrected chi connectivity index (χ0v) is 20.3. The maximum atomic E-state index is 12.4. The fourth-order valence-electron chi connectivity index (χ4n) is 2.38. The first-order valence-electron chi connectivity index (χ1n) is 9.92. The molecule has 34 heavy (non-hydrogen) atoms. The number of esters is 2. The molecule has 8 nitrogen and oxygen atoms in total. The number of nitrogens with zero attached hydrogens (tertiary/aromatic N) is 1. The topological polar surface area (TPSA) is 108 Å². The Morgan fingerprint density at radius 3 is 2.15 bits per heavy atom. The van der Waals surface area contributed by atoms with Crippen molar-refractivity contribution < 1.29 is 33.5 Å². The molecule has 0 fully saturated rings. The molecule has 0 aliphatic carbocycles. The fraction of sp³-hybridized carbons (Fsp3) is 0.208. The van der Waals surface area contributed by atoms with E-state index in [2.05, 4.69) is 16.6 Å². The lowest BCUT2D eigenvalue weighted by molar-refractivity contribution is -0.141. The number of rotatable bonds is 10. The molecule has 0 atom stereocenters. The molecule has 2 rings (SSSR count). The first-order chi connectivity index (χ1) is 16.1. The molecule has 0 radical (unpaired) electrons. The molecule has 0 unspecified atom stereocenters. The highest BCUT2D eigenvalue weighted by Gasteiger charge is 2.16. The summed E-state index contributed by atoms with van der Waals surface area (Å²) in [4.78, 5) is 52.7. The lowest BCUT2D eigenvalue weighted by atomic mass is 10.1. The Kier molecular flexibility index (Phi) is 10.0. The minimum atomic E-state index is -0.631. The van der Waals surface area contributed by atoms with Gasteiger partial charge in [0.2, 0.25) is 5.78 Å². The van der Waals surface area contributed by atoms with Crippen LogP contribution in [0.15, 0.2) is 69.6 Å². The first-order valence-corrected chi connectivity index (χ1v) is 11.1. The lowest BCUT2D eigenvalue weighted by Crippen LogP contribution is -2.14. The number of ether oxygens (including phenoxy) is 2. The van der Waals surface area contributed by atoms with Gasteiger partial charge < -0.3 is 14.3 Å². The highest BCUT2D eigenvalue weighted by molar-refractivity contribution is 7.99. The van der Waals surface area contributed by atoms with Crippen molar-refractivity contribution in [2.45, 2.75) is 30.6 Å². The third-order valence-electron chi connectivity index (χ3n) is 4.05. The summed E-state index contributed by atoms with van der Waals surface area (Å²) in [6, 6.07) is 11.6. The first kappa shape index (κ1) is 26.8. The summed E-state index contributed by atoms with van der Waals surface area (Å²) in [6.07, 6.45) is 0. The number of carbonyl (C=O) groups is 4. The van der Waals surface area contributed by atoms with Crippen LogP contribution < -0.4 is 0 Å². The third kappa shape index (κ3) is 8.17. The predicted molar refractivity (Wildman–Crippen MR) is 127 cm³/mol. The largest absolute Gasteiger partial charge is 0.459 e. The molecular weight excluding hydrogens is 482 g/mol. The van der Waals surface area contributed by atoms with Gasteiger partial charge in [-0.1, -0.05) is 35.1 Å². The maximum absolute atomic E-state index is 12.4. The smallest absolute Gasteiger partial charge is 0.338 e. The van der Waals surface area contributed by atoms with Gasteiger partial charge in [0.15, 0.2) is 0 Å². The summed E-state index contributed by atoms with van der Waals surface area (Å²) < 4.78 is 9.94. The highest BCUT2D eigenvalue weighted by atomic mass is 35.5. The molecule has 0 saturated carbocycles. The van der Waals surface area contributed by atoms with E-state index >= 15 is 0 Å². The molecule has 0 amide bonds. The Morgan fingerprint density at radius 1 is 0.941 bits per heavy atom. The molecule has 0 bridgehead atoms. The van der Waals surface area contributed by atoms with E-state index in [1.807, 2.05) is 0 Å². The van der Waals surface area contributed by atoms with Gasteiger partial charge in [-0.25, -0.2) is 14.4 Å². The zero-order chi connectivity index (χ0) is 25.3. The standard InChI is InChI=1S/C24H22ClNO7S/c1-14(2)23(29)31-11-12-32-24(30)17-5-7-18(8-6-17)34-19-9-10-20(21(25)13-19)22(28)15(3)26-33-16(4)27/h5-10,13H,1,11-12H2,2-4H3/b26-15+. The Labute approximate surface area is 205 Å². The number of Topliss-reactive ketones (excluding diaryl/α,β-unsaturated/α-hetero) is 1. The molecule has 0 aromatic heterocycles. The molecule has 0 heterocycles. The van der Waals surface area contributed by atoms with Crippen LogP contribution in [-0.2, 0) is 23.9 Å². The van der Waals surface area contributed by atoms with Crippen LogP contribution in [0.4, 0.5) is 0 Å². The van der Waals surface area contributed by atoms with Crippen LogP contribution in [-0.4, -0.2) is 42.6 Å². The Hall–Kier alpha value is -3.43. The molecule has 0 N–H and O–H groups in total. The normalized spacial score (nSPS) is 10.9. The summed E-state index contributed by atoms with van der Waals surface area (Å²) >= 11 is 7.65. The van der Waals surface area contributed by atoms with Gasteiger partial charge in [-0.15, -0.1) is 0 Å². The van der Waals surface area contributed by atoms with Crippen LogP contribution in [0.5, 0.6) is 0 Å². The molecule has 178 valence electrons. The number of carbonyl (C=O) groups excluding carboxylic acids is 4. The molecule has 2 aromatic carbocycles. The van der Waals surface area contributed by atoms with Crippen LogP contribution in [0.25, 0.3) is 0 Å². The Bertz CT molecular complexity index is 1140. The van der Waals surface area contributed by atoms with Gasteiger partial charge in [0.1, 0.15) is 18.9 Å². The number of oxime groups is 1. The van der Waals surface area contributed by atoms with E-state index in [1.165, 1.54) is 32.5 Å². The van der Waals surface area contributed by atoms with E-state index in [-0.39, 0.29) is 35.1 Å². The van der Waals surface area contributed by atoms with Crippen LogP contribution >= 0.6 is 23.4 Å². The lowest BCUT2D eigenvalue weighted by Gasteiger charge is -2.08. The molecule has 0 saturated heterocycles. The number of ketones is 1. The van der Waals surface area contributed by atoms with Crippen molar-refractivity contribution in [3.8, 4) is 0 Å². The summed E-state index contributed by atoms with van der Waals surface area (Å²) in [5.41, 5.74) is 0.836. The minimum Gasteiger partial charge on any atom is -0.459 e. The molecular formula is C24H22ClNO7S. The van der Waals surface area contributed by atoms with Crippen LogP contribution in [0.2, 0.25) is 5.02 Å². The van der Waals surface area contributed by atoms with Crippen molar-refractivity contribution in [3.05, 3.63) is 70.8 Å². The molecule has 10 heteroatoms. The molecule has 0 aliphatic heterocycles. The summed E-state index contributed by atoms with van der Waals surface area (Å²) in [6.45, 7) is 7.47. The zero-order valence-electron chi connectivity index (χ0n) is 18.8. The monoisotopic (exact) mass is 503 g/mol. The van der Waals surface area contributed by atoms with Gasteiger partial charge in [-0.05, 0) is 56.3 Å². The van der Waals surface area contributed by atoms with E-state index < -0.39 is 23.7 Å². The molecule has 0 aliphatic rings. The average Bonchev–Trinajstić information content (AvgIpc) is 2.80. The van der Waals surface area contributed by atoms with Crippen molar-refractivity contribution in [3.63, 3.8) is 0 Å². The summed E-state index contributed by atoms with van der Waals surface area (Å²) in [5, 5.41) is 3.70. The van der Waals surface area contributed by atoms with E-state index in [9.17, 15) is 19.2 Å².